The molecule has 5 nitrogen and oxygen atoms in total. The second-order valence-electron chi connectivity index (χ2n) is 4.96. The summed E-state index contributed by atoms with van der Waals surface area (Å²) in [4.78, 5) is 29.4. The number of rotatable bonds is 3. The van der Waals surface area contributed by atoms with Crippen LogP contribution in [0.3, 0.4) is 0 Å². The van der Waals surface area contributed by atoms with Gasteiger partial charge in [-0.1, -0.05) is 18.5 Å². The fourth-order valence-corrected chi connectivity index (χ4v) is 2.61. The highest BCUT2D eigenvalue weighted by Crippen LogP contribution is 2.17. The van der Waals surface area contributed by atoms with Gasteiger partial charge in [0.25, 0.3) is 5.91 Å². The van der Waals surface area contributed by atoms with Crippen molar-refractivity contribution in [2.24, 2.45) is 0 Å². The maximum atomic E-state index is 12.4. The summed E-state index contributed by atoms with van der Waals surface area (Å²) >= 11 is 5.94. The van der Waals surface area contributed by atoms with E-state index in [-0.39, 0.29) is 17.9 Å². The fourth-order valence-electron chi connectivity index (χ4n) is 2.39. The van der Waals surface area contributed by atoms with E-state index in [1.54, 1.807) is 17.0 Å². The van der Waals surface area contributed by atoms with Crippen LogP contribution in [-0.2, 0) is 11.2 Å². The zero-order chi connectivity index (χ0) is 14.7. The fraction of sp³-hybridized carbons (Fsp3) is 0.500. The van der Waals surface area contributed by atoms with Crippen molar-refractivity contribution in [3.05, 3.63) is 28.5 Å². The third-order valence-electron chi connectivity index (χ3n) is 3.34. The minimum absolute atomic E-state index is 0.0411. The number of aromatic nitrogens is 1. The zero-order valence-corrected chi connectivity index (χ0v) is 12.4. The standard InChI is InChI=1S/C14H18ClN3O2/c1-3-11-6-10(7-13(15)17-11)14(20)18-5-4-12(8-18)16-9(2)19/h6-7,12H,3-5,8H2,1-2H3,(H,16,19). The molecule has 1 aromatic rings. The van der Waals surface area contributed by atoms with Crippen molar-refractivity contribution in [2.75, 3.05) is 13.1 Å². The molecule has 2 heterocycles. The Morgan fingerprint density at radius 2 is 2.25 bits per heavy atom. The van der Waals surface area contributed by atoms with Crippen LogP contribution in [0.25, 0.3) is 0 Å². The van der Waals surface area contributed by atoms with Gasteiger partial charge in [-0.2, -0.15) is 0 Å². The Labute approximate surface area is 123 Å². The molecule has 6 heteroatoms. The van der Waals surface area contributed by atoms with Crippen LogP contribution in [0.4, 0.5) is 0 Å². The van der Waals surface area contributed by atoms with Gasteiger partial charge in [0.15, 0.2) is 0 Å². The zero-order valence-electron chi connectivity index (χ0n) is 11.6. The highest BCUT2D eigenvalue weighted by Gasteiger charge is 2.27. The normalized spacial score (nSPS) is 18.1. The molecule has 1 aliphatic rings. The van der Waals surface area contributed by atoms with Crippen molar-refractivity contribution < 1.29 is 9.59 Å². The lowest BCUT2D eigenvalue weighted by Gasteiger charge is -2.17. The Morgan fingerprint density at radius 1 is 1.50 bits per heavy atom. The summed E-state index contributed by atoms with van der Waals surface area (Å²) in [5.74, 6) is -0.124. The van der Waals surface area contributed by atoms with Gasteiger partial charge in [-0.3, -0.25) is 9.59 Å². The van der Waals surface area contributed by atoms with Crippen LogP contribution >= 0.6 is 11.6 Å². The lowest BCUT2D eigenvalue weighted by Crippen LogP contribution is -2.37. The van der Waals surface area contributed by atoms with Crippen molar-refractivity contribution in [3.8, 4) is 0 Å². The van der Waals surface area contributed by atoms with Gasteiger partial charge in [-0.25, -0.2) is 4.98 Å². The first-order valence-electron chi connectivity index (χ1n) is 6.72. The van der Waals surface area contributed by atoms with Gasteiger partial charge >= 0.3 is 0 Å². The number of nitrogens with one attached hydrogen (secondary N) is 1. The highest BCUT2D eigenvalue weighted by atomic mass is 35.5. The molecule has 1 atom stereocenters. The molecular formula is C14H18ClN3O2. The number of amides is 2. The molecule has 1 saturated heterocycles. The summed E-state index contributed by atoms with van der Waals surface area (Å²) in [5.41, 5.74) is 1.36. The average molecular weight is 296 g/mol. The van der Waals surface area contributed by atoms with Crippen molar-refractivity contribution >= 4 is 23.4 Å². The molecule has 108 valence electrons. The maximum Gasteiger partial charge on any atom is 0.254 e. The highest BCUT2D eigenvalue weighted by molar-refractivity contribution is 6.29. The summed E-state index contributed by atoms with van der Waals surface area (Å²) in [7, 11) is 0. The number of carbonyl (C=O) groups is 2. The van der Waals surface area contributed by atoms with Gasteiger partial charge in [0.2, 0.25) is 5.91 Å². The number of carbonyl (C=O) groups excluding carboxylic acids is 2. The summed E-state index contributed by atoms with van der Waals surface area (Å²) in [6.45, 7) is 4.64. The lowest BCUT2D eigenvalue weighted by molar-refractivity contribution is -0.119. The summed E-state index contributed by atoms with van der Waals surface area (Å²) < 4.78 is 0. The predicted octanol–water partition coefficient (Wildman–Crippen LogP) is 1.65. The van der Waals surface area contributed by atoms with E-state index >= 15 is 0 Å². The van der Waals surface area contributed by atoms with Gasteiger partial charge < -0.3 is 10.2 Å². The van der Waals surface area contributed by atoms with Crippen molar-refractivity contribution in [1.29, 1.82) is 0 Å². The van der Waals surface area contributed by atoms with E-state index in [2.05, 4.69) is 10.3 Å². The molecular weight excluding hydrogens is 278 g/mol. The molecule has 1 aliphatic heterocycles. The summed E-state index contributed by atoms with van der Waals surface area (Å²) in [6, 6.07) is 3.41. The minimum Gasteiger partial charge on any atom is -0.352 e. The van der Waals surface area contributed by atoms with Crippen LogP contribution in [0.5, 0.6) is 0 Å². The van der Waals surface area contributed by atoms with E-state index in [0.29, 0.717) is 23.8 Å². The molecule has 0 saturated carbocycles. The number of hydrogen-bond acceptors (Lipinski definition) is 3. The van der Waals surface area contributed by atoms with E-state index in [1.165, 1.54) is 6.92 Å². The Hall–Kier alpha value is -1.62. The van der Waals surface area contributed by atoms with Gasteiger partial charge in [-0.15, -0.1) is 0 Å². The second kappa shape index (κ2) is 6.22. The molecule has 20 heavy (non-hydrogen) atoms. The number of hydrogen-bond donors (Lipinski definition) is 1. The molecule has 0 aromatic carbocycles. The molecule has 0 bridgehead atoms. The monoisotopic (exact) mass is 295 g/mol. The number of likely N-dealkylation sites (tertiary alicyclic amines) is 1. The van der Waals surface area contributed by atoms with Gasteiger partial charge in [0, 0.05) is 37.3 Å². The van der Waals surface area contributed by atoms with E-state index in [1.807, 2.05) is 6.92 Å². The first kappa shape index (κ1) is 14.8. The minimum atomic E-state index is -0.0653. The molecule has 1 fully saturated rings. The topological polar surface area (TPSA) is 62.3 Å². The quantitative estimate of drug-likeness (QED) is 0.863. The maximum absolute atomic E-state index is 12.4. The van der Waals surface area contributed by atoms with Crippen molar-refractivity contribution in [2.45, 2.75) is 32.7 Å². The SMILES string of the molecule is CCc1cc(C(=O)N2CCC(NC(C)=O)C2)cc(Cl)n1. The molecule has 0 spiro atoms. The van der Waals surface area contributed by atoms with Crippen LogP contribution in [-0.4, -0.2) is 40.8 Å². The Balaban J connectivity index is 2.09. The molecule has 0 aliphatic carbocycles. The van der Waals surface area contributed by atoms with E-state index < -0.39 is 0 Å². The number of pyridine rings is 1. The van der Waals surface area contributed by atoms with Crippen molar-refractivity contribution in [1.82, 2.24) is 15.2 Å². The summed E-state index contributed by atoms with van der Waals surface area (Å²) in [5, 5.41) is 3.18. The van der Waals surface area contributed by atoms with E-state index in [0.717, 1.165) is 18.5 Å². The average Bonchev–Trinajstić information content (AvgIpc) is 2.84. The Kier molecular flexibility index (Phi) is 4.60. The van der Waals surface area contributed by atoms with Crippen LogP contribution < -0.4 is 5.32 Å². The molecule has 2 amide bonds. The number of halogens is 1. The predicted molar refractivity (Wildman–Crippen MR) is 76.8 cm³/mol. The third kappa shape index (κ3) is 3.48. The van der Waals surface area contributed by atoms with Gasteiger partial charge in [-0.05, 0) is 25.0 Å². The van der Waals surface area contributed by atoms with Crippen LogP contribution in [0, 0.1) is 0 Å². The molecule has 2 rings (SSSR count). The molecule has 1 aromatic heterocycles. The lowest BCUT2D eigenvalue weighted by atomic mass is 10.2. The molecule has 1 N–H and O–H groups in total. The largest absolute Gasteiger partial charge is 0.352 e. The van der Waals surface area contributed by atoms with Crippen molar-refractivity contribution in [3.63, 3.8) is 0 Å². The summed E-state index contributed by atoms with van der Waals surface area (Å²) in [6.07, 6.45) is 1.51. The van der Waals surface area contributed by atoms with E-state index in [9.17, 15) is 9.59 Å². The van der Waals surface area contributed by atoms with E-state index in [4.69, 9.17) is 11.6 Å². The Bertz CT molecular complexity index is 533. The van der Waals surface area contributed by atoms with Crippen LogP contribution in [0.15, 0.2) is 12.1 Å². The smallest absolute Gasteiger partial charge is 0.254 e. The van der Waals surface area contributed by atoms with Gasteiger partial charge in [0.1, 0.15) is 5.15 Å². The van der Waals surface area contributed by atoms with Gasteiger partial charge in [0.05, 0.1) is 0 Å². The first-order chi connectivity index (χ1) is 9.49. The van der Waals surface area contributed by atoms with Crippen LogP contribution in [0.1, 0.15) is 36.3 Å². The third-order valence-corrected chi connectivity index (χ3v) is 3.53. The number of aryl methyl sites for hydroxylation is 1. The number of nitrogens with zero attached hydrogens (tertiary/aromatic N) is 2. The molecule has 0 radical (unpaired) electrons. The Morgan fingerprint density at radius 3 is 2.90 bits per heavy atom. The van der Waals surface area contributed by atoms with Crippen LogP contribution in [0.2, 0.25) is 5.15 Å². The first-order valence-corrected chi connectivity index (χ1v) is 7.10. The second-order valence-corrected chi connectivity index (χ2v) is 5.35. The molecule has 1 unspecified atom stereocenters.